The molecule has 0 bridgehead atoms. The molecule has 1 saturated heterocycles. The van der Waals surface area contributed by atoms with Gasteiger partial charge >= 0.3 is 0 Å². The van der Waals surface area contributed by atoms with Crippen LogP contribution in [0.4, 0.5) is 11.6 Å². The minimum absolute atomic E-state index is 0.0836. The van der Waals surface area contributed by atoms with Crippen molar-refractivity contribution in [3.63, 3.8) is 0 Å². The molecule has 1 fully saturated rings. The molecule has 110 valence electrons. The SMILES string of the molecule is Cc1ccc(Nc2ncc(C3CNCCO3)c(Cl)n2)cc1. The van der Waals surface area contributed by atoms with Gasteiger partial charge in [0.25, 0.3) is 0 Å². The van der Waals surface area contributed by atoms with Gasteiger partial charge in [0.05, 0.1) is 12.7 Å². The fourth-order valence-corrected chi connectivity index (χ4v) is 2.43. The Hall–Kier alpha value is -1.69. The van der Waals surface area contributed by atoms with Gasteiger partial charge in [0.2, 0.25) is 5.95 Å². The largest absolute Gasteiger partial charge is 0.371 e. The van der Waals surface area contributed by atoms with E-state index in [1.54, 1.807) is 6.20 Å². The summed E-state index contributed by atoms with van der Waals surface area (Å²) in [5.74, 6) is 0.483. The summed E-state index contributed by atoms with van der Waals surface area (Å²) in [5, 5.41) is 6.83. The first-order valence-corrected chi connectivity index (χ1v) is 7.28. The molecule has 1 aromatic heterocycles. The number of halogens is 1. The van der Waals surface area contributed by atoms with Crippen LogP contribution in [0.3, 0.4) is 0 Å². The van der Waals surface area contributed by atoms with E-state index in [9.17, 15) is 0 Å². The van der Waals surface area contributed by atoms with E-state index < -0.39 is 0 Å². The van der Waals surface area contributed by atoms with Crippen LogP contribution in [0.15, 0.2) is 30.5 Å². The lowest BCUT2D eigenvalue weighted by molar-refractivity contribution is 0.0273. The number of morpholine rings is 1. The molecule has 2 aromatic rings. The monoisotopic (exact) mass is 304 g/mol. The van der Waals surface area contributed by atoms with Crippen LogP contribution >= 0.6 is 11.6 Å². The van der Waals surface area contributed by atoms with Crippen LogP contribution in [0, 0.1) is 6.92 Å². The fourth-order valence-electron chi connectivity index (χ4n) is 2.18. The average molecular weight is 305 g/mol. The second-order valence-electron chi connectivity index (χ2n) is 4.99. The first-order valence-electron chi connectivity index (χ1n) is 6.91. The quantitative estimate of drug-likeness (QED) is 0.854. The summed E-state index contributed by atoms with van der Waals surface area (Å²) in [7, 11) is 0. The lowest BCUT2D eigenvalue weighted by Crippen LogP contribution is -2.33. The number of ether oxygens (including phenoxy) is 1. The summed E-state index contributed by atoms with van der Waals surface area (Å²) >= 11 is 6.26. The van der Waals surface area contributed by atoms with Crippen LogP contribution in [0.2, 0.25) is 5.15 Å². The highest BCUT2D eigenvalue weighted by Gasteiger charge is 2.20. The van der Waals surface area contributed by atoms with E-state index in [0.29, 0.717) is 17.7 Å². The van der Waals surface area contributed by atoms with Crippen LogP contribution in [0.5, 0.6) is 0 Å². The van der Waals surface area contributed by atoms with Gasteiger partial charge in [0.1, 0.15) is 5.15 Å². The molecule has 1 aliphatic heterocycles. The standard InChI is InChI=1S/C15H17ClN4O/c1-10-2-4-11(5-3-10)19-15-18-8-12(14(16)20-15)13-9-17-6-7-21-13/h2-5,8,13,17H,6-7,9H2,1H3,(H,18,19,20). The van der Waals surface area contributed by atoms with Gasteiger partial charge in [-0.15, -0.1) is 0 Å². The van der Waals surface area contributed by atoms with Gasteiger partial charge in [-0.25, -0.2) is 9.97 Å². The van der Waals surface area contributed by atoms with Gasteiger partial charge in [0.15, 0.2) is 0 Å². The Morgan fingerprint density at radius 3 is 2.81 bits per heavy atom. The van der Waals surface area contributed by atoms with Gasteiger partial charge < -0.3 is 15.4 Å². The fraction of sp³-hybridized carbons (Fsp3) is 0.333. The molecule has 0 aliphatic carbocycles. The molecule has 1 unspecified atom stereocenters. The van der Waals surface area contributed by atoms with Crippen molar-refractivity contribution < 1.29 is 4.74 Å². The minimum atomic E-state index is -0.0836. The van der Waals surface area contributed by atoms with E-state index >= 15 is 0 Å². The molecule has 0 saturated carbocycles. The molecule has 2 heterocycles. The number of aromatic nitrogens is 2. The summed E-state index contributed by atoms with van der Waals surface area (Å²) in [6.07, 6.45) is 1.64. The average Bonchev–Trinajstić information content (AvgIpc) is 2.51. The predicted molar refractivity (Wildman–Crippen MR) is 83.1 cm³/mol. The molecule has 3 rings (SSSR count). The maximum Gasteiger partial charge on any atom is 0.228 e. The smallest absolute Gasteiger partial charge is 0.228 e. The molecule has 0 amide bonds. The Balaban J connectivity index is 1.75. The zero-order chi connectivity index (χ0) is 14.7. The highest BCUT2D eigenvalue weighted by molar-refractivity contribution is 6.30. The van der Waals surface area contributed by atoms with Crippen LogP contribution in [0.1, 0.15) is 17.2 Å². The van der Waals surface area contributed by atoms with Crippen LogP contribution < -0.4 is 10.6 Å². The minimum Gasteiger partial charge on any atom is -0.371 e. The number of nitrogens with one attached hydrogen (secondary N) is 2. The third-order valence-corrected chi connectivity index (χ3v) is 3.65. The molecule has 2 N–H and O–H groups in total. The molecule has 5 nitrogen and oxygen atoms in total. The normalized spacial score (nSPS) is 18.5. The Bertz CT molecular complexity index is 612. The van der Waals surface area contributed by atoms with Gasteiger partial charge in [-0.05, 0) is 19.1 Å². The summed E-state index contributed by atoms with van der Waals surface area (Å²) in [4.78, 5) is 8.62. The third kappa shape index (κ3) is 3.50. The molecule has 0 radical (unpaired) electrons. The van der Waals surface area contributed by atoms with Crippen molar-refractivity contribution in [1.29, 1.82) is 0 Å². The van der Waals surface area contributed by atoms with Crippen LogP contribution in [-0.2, 0) is 4.74 Å². The van der Waals surface area contributed by atoms with E-state index in [0.717, 1.165) is 24.3 Å². The Morgan fingerprint density at radius 2 is 2.14 bits per heavy atom. The van der Waals surface area contributed by atoms with Gasteiger partial charge in [0, 0.05) is 30.5 Å². The number of aryl methyl sites for hydroxylation is 1. The van der Waals surface area contributed by atoms with Crippen molar-refractivity contribution in [3.05, 3.63) is 46.7 Å². The Morgan fingerprint density at radius 1 is 1.33 bits per heavy atom. The van der Waals surface area contributed by atoms with Gasteiger partial charge in [-0.2, -0.15) is 0 Å². The first kappa shape index (κ1) is 14.3. The highest BCUT2D eigenvalue weighted by Crippen LogP contribution is 2.26. The van der Waals surface area contributed by atoms with E-state index in [1.807, 2.05) is 31.2 Å². The Kier molecular flexibility index (Phi) is 4.34. The van der Waals surface area contributed by atoms with E-state index in [2.05, 4.69) is 20.6 Å². The molecule has 1 aliphatic rings. The number of hydrogen-bond donors (Lipinski definition) is 2. The summed E-state index contributed by atoms with van der Waals surface area (Å²) in [5.41, 5.74) is 2.95. The van der Waals surface area contributed by atoms with Gasteiger partial charge in [-0.3, -0.25) is 0 Å². The van der Waals surface area contributed by atoms with Crippen molar-refractivity contribution in [2.45, 2.75) is 13.0 Å². The Labute approximate surface area is 128 Å². The summed E-state index contributed by atoms with van der Waals surface area (Å²) in [6.45, 7) is 4.31. The predicted octanol–water partition coefficient (Wildman–Crippen LogP) is 2.84. The first-order chi connectivity index (χ1) is 10.2. The second-order valence-corrected chi connectivity index (χ2v) is 5.35. The molecule has 1 atom stereocenters. The summed E-state index contributed by atoms with van der Waals surface area (Å²) < 4.78 is 5.67. The van der Waals surface area contributed by atoms with E-state index in [4.69, 9.17) is 16.3 Å². The number of rotatable bonds is 3. The molecule has 6 heteroatoms. The van der Waals surface area contributed by atoms with Crippen molar-refractivity contribution in [3.8, 4) is 0 Å². The third-order valence-electron chi connectivity index (χ3n) is 3.35. The second kappa shape index (κ2) is 6.39. The maximum absolute atomic E-state index is 6.26. The van der Waals surface area contributed by atoms with Crippen LogP contribution in [-0.4, -0.2) is 29.7 Å². The lowest BCUT2D eigenvalue weighted by Gasteiger charge is -2.24. The molecule has 1 aromatic carbocycles. The van der Waals surface area contributed by atoms with E-state index in [1.165, 1.54) is 5.56 Å². The number of nitrogens with zero attached hydrogens (tertiary/aromatic N) is 2. The molecular formula is C15H17ClN4O. The number of benzene rings is 1. The lowest BCUT2D eigenvalue weighted by atomic mass is 10.2. The molecule has 0 spiro atoms. The van der Waals surface area contributed by atoms with Gasteiger partial charge in [-0.1, -0.05) is 29.3 Å². The van der Waals surface area contributed by atoms with Crippen molar-refractivity contribution in [2.24, 2.45) is 0 Å². The topological polar surface area (TPSA) is 59.1 Å². The van der Waals surface area contributed by atoms with E-state index in [-0.39, 0.29) is 6.10 Å². The number of anilines is 2. The number of hydrogen-bond acceptors (Lipinski definition) is 5. The highest BCUT2D eigenvalue weighted by atomic mass is 35.5. The molecular weight excluding hydrogens is 288 g/mol. The molecule has 21 heavy (non-hydrogen) atoms. The zero-order valence-corrected chi connectivity index (χ0v) is 12.5. The maximum atomic E-state index is 6.26. The van der Waals surface area contributed by atoms with Crippen LogP contribution in [0.25, 0.3) is 0 Å². The van der Waals surface area contributed by atoms with Crippen molar-refractivity contribution >= 4 is 23.2 Å². The van der Waals surface area contributed by atoms with Crippen molar-refractivity contribution in [2.75, 3.05) is 25.0 Å². The van der Waals surface area contributed by atoms with Crippen molar-refractivity contribution in [1.82, 2.24) is 15.3 Å². The summed E-state index contributed by atoms with van der Waals surface area (Å²) in [6, 6.07) is 8.02. The zero-order valence-electron chi connectivity index (χ0n) is 11.8.